The third kappa shape index (κ3) is 1.37. The summed E-state index contributed by atoms with van der Waals surface area (Å²) in [6.07, 6.45) is 0. The van der Waals surface area contributed by atoms with Gasteiger partial charge in [-0.15, -0.1) is 0 Å². The molecule has 0 saturated carbocycles. The maximum Gasteiger partial charge on any atom is 0.225 e. The molecule has 4 heteroatoms. The van der Waals surface area contributed by atoms with Crippen molar-refractivity contribution in [2.45, 2.75) is 0 Å². The van der Waals surface area contributed by atoms with E-state index in [9.17, 15) is 4.79 Å². The Balaban J connectivity index is 2.50. The zero-order chi connectivity index (χ0) is 11.8. The second-order valence-corrected chi connectivity index (χ2v) is 3.58. The summed E-state index contributed by atoms with van der Waals surface area (Å²) in [5.41, 5.74) is 1.11. The highest BCUT2D eigenvalue weighted by Crippen LogP contribution is 2.22. The van der Waals surface area contributed by atoms with Crippen molar-refractivity contribution in [3.8, 4) is 17.5 Å². The lowest BCUT2D eigenvalue weighted by atomic mass is 10.1. The molecule has 4 nitrogen and oxygen atoms in total. The van der Waals surface area contributed by atoms with Crippen LogP contribution in [0, 0.1) is 11.3 Å². The van der Waals surface area contributed by atoms with Crippen molar-refractivity contribution >= 4 is 11.1 Å². The van der Waals surface area contributed by atoms with E-state index in [-0.39, 0.29) is 16.7 Å². The summed E-state index contributed by atoms with van der Waals surface area (Å²) >= 11 is 0. The van der Waals surface area contributed by atoms with E-state index in [0.717, 1.165) is 0 Å². The summed E-state index contributed by atoms with van der Waals surface area (Å²) in [6, 6.07) is 12.1. The fourth-order valence-corrected chi connectivity index (χ4v) is 1.70. The van der Waals surface area contributed by atoms with E-state index >= 15 is 0 Å². The minimum Gasteiger partial charge on any atom is -0.453 e. The predicted molar refractivity (Wildman–Crippen MR) is 61.6 cm³/mol. The molecule has 1 aliphatic carbocycles. The lowest BCUT2D eigenvalue weighted by Crippen LogP contribution is -2.11. The molecule has 0 saturated heterocycles. The van der Waals surface area contributed by atoms with Crippen molar-refractivity contribution in [2.24, 2.45) is 0 Å². The topological polar surface area (TPSA) is 66.9 Å². The summed E-state index contributed by atoms with van der Waals surface area (Å²) < 4.78 is 5.55. The molecule has 3 rings (SSSR count). The zero-order valence-corrected chi connectivity index (χ0v) is 8.68. The maximum absolute atomic E-state index is 11.9. The van der Waals surface area contributed by atoms with Gasteiger partial charge in [-0.25, -0.2) is 4.98 Å². The van der Waals surface area contributed by atoms with Gasteiger partial charge in [-0.1, -0.05) is 12.1 Å². The SMILES string of the molecule is N#Cc1ccc2oc3ccccc3nc-2c1=O. The Labute approximate surface area is 96.1 Å². The number of para-hydroxylation sites is 2. The van der Waals surface area contributed by atoms with Crippen LogP contribution < -0.4 is 5.43 Å². The van der Waals surface area contributed by atoms with Gasteiger partial charge in [0, 0.05) is 0 Å². The van der Waals surface area contributed by atoms with Crippen LogP contribution in [0.15, 0.2) is 45.6 Å². The van der Waals surface area contributed by atoms with E-state index < -0.39 is 0 Å². The summed E-state index contributed by atoms with van der Waals surface area (Å²) in [5.74, 6) is 0.396. The highest BCUT2D eigenvalue weighted by Gasteiger charge is 2.14. The summed E-state index contributed by atoms with van der Waals surface area (Å²) in [7, 11) is 0. The molecule has 80 valence electrons. The molecular formula is C13H6N2O2. The number of hydrogen-bond donors (Lipinski definition) is 0. The quantitative estimate of drug-likeness (QED) is 0.546. The molecule has 1 aromatic rings. The molecule has 0 fully saturated rings. The van der Waals surface area contributed by atoms with Gasteiger partial charge in [0.2, 0.25) is 5.43 Å². The highest BCUT2D eigenvalue weighted by molar-refractivity contribution is 5.76. The summed E-state index contributed by atoms with van der Waals surface area (Å²) in [4.78, 5) is 16.1. The van der Waals surface area contributed by atoms with Crippen LogP contribution in [-0.2, 0) is 0 Å². The Morgan fingerprint density at radius 3 is 2.82 bits per heavy atom. The largest absolute Gasteiger partial charge is 0.453 e. The first kappa shape index (κ1) is 9.55. The molecule has 1 aromatic carbocycles. The molecule has 0 amide bonds. The third-order valence-corrected chi connectivity index (χ3v) is 2.53. The number of fused-ring (bicyclic) bond motifs is 2. The lowest BCUT2D eigenvalue weighted by Gasteiger charge is -2.04. The molecule has 1 aliphatic heterocycles. The number of rotatable bonds is 0. The van der Waals surface area contributed by atoms with Crippen LogP contribution in [0.5, 0.6) is 0 Å². The number of hydrogen-bond acceptors (Lipinski definition) is 4. The molecule has 0 unspecified atom stereocenters. The summed E-state index contributed by atoms with van der Waals surface area (Å²) in [5, 5.41) is 8.78. The van der Waals surface area contributed by atoms with Crippen molar-refractivity contribution in [1.29, 1.82) is 5.26 Å². The minimum atomic E-state index is -0.389. The fraction of sp³-hybridized carbons (Fsp3) is 0. The normalized spacial score (nSPS) is 10.5. The van der Waals surface area contributed by atoms with Gasteiger partial charge in [0.1, 0.15) is 17.1 Å². The van der Waals surface area contributed by atoms with Gasteiger partial charge < -0.3 is 4.42 Å². The van der Waals surface area contributed by atoms with Gasteiger partial charge in [0.15, 0.2) is 17.0 Å². The van der Waals surface area contributed by atoms with Gasteiger partial charge in [-0.3, -0.25) is 4.79 Å². The second-order valence-electron chi connectivity index (χ2n) is 3.58. The lowest BCUT2D eigenvalue weighted by molar-refractivity contribution is 0.612. The van der Waals surface area contributed by atoms with E-state index in [1.165, 1.54) is 6.07 Å². The van der Waals surface area contributed by atoms with Crippen LogP contribution in [0.2, 0.25) is 0 Å². The second kappa shape index (κ2) is 3.42. The molecule has 1 heterocycles. The smallest absolute Gasteiger partial charge is 0.225 e. The fourth-order valence-electron chi connectivity index (χ4n) is 1.70. The van der Waals surface area contributed by atoms with Gasteiger partial charge in [-0.05, 0) is 24.3 Å². The standard InChI is InChI=1S/C13H6N2O2/c14-7-8-5-6-11-12(13(8)16)15-9-3-1-2-4-10(9)17-11/h1-6H. The van der Waals surface area contributed by atoms with E-state index in [0.29, 0.717) is 16.9 Å². The molecule has 0 aromatic heterocycles. The van der Waals surface area contributed by atoms with Crippen molar-refractivity contribution < 1.29 is 4.42 Å². The van der Waals surface area contributed by atoms with Crippen molar-refractivity contribution in [1.82, 2.24) is 4.98 Å². The van der Waals surface area contributed by atoms with Gasteiger partial charge in [0.05, 0.1) is 0 Å². The monoisotopic (exact) mass is 222 g/mol. The Kier molecular flexibility index (Phi) is 1.92. The Morgan fingerprint density at radius 2 is 2.00 bits per heavy atom. The summed E-state index contributed by atoms with van der Waals surface area (Å²) in [6.45, 7) is 0. The van der Waals surface area contributed by atoms with Crippen LogP contribution in [0.3, 0.4) is 0 Å². The Bertz CT molecular complexity index is 783. The van der Waals surface area contributed by atoms with Gasteiger partial charge in [-0.2, -0.15) is 5.26 Å². The van der Waals surface area contributed by atoms with E-state index in [1.54, 1.807) is 18.2 Å². The first-order valence-corrected chi connectivity index (χ1v) is 5.02. The van der Waals surface area contributed by atoms with Crippen LogP contribution in [0.1, 0.15) is 5.56 Å². The molecule has 17 heavy (non-hydrogen) atoms. The van der Waals surface area contributed by atoms with Crippen LogP contribution in [0.25, 0.3) is 22.6 Å². The number of nitriles is 1. The van der Waals surface area contributed by atoms with E-state index in [1.807, 2.05) is 18.2 Å². The number of aromatic nitrogens is 1. The van der Waals surface area contributed by atoms with Crippen molar-refractivity contribution in [3.63, 3.8) is 0 Å². The molecule has 2 aliphatic rings. The van der Waals surface area contributed by atoms with E-state index in [2.05, 4.69) is 4.98 Å². The average molecular weight is 222 g/mol. The minimum absolute atomic E-state index is 0.0791. The van der Waals surface area contributed by atoms with Crippen LogP contribution >= 0.6 is 0 Å². The average Bonchev–Trinajstić information content (AvgIpc) is 2.37. The maximum atomic E-state index is 11.9. The van der Waals surface area contributed by atoms with Crippen molar-refractivity contribution in [2.75, 3.05) is 0 Å². The third-order valence-electron chi connectivity index (χ3n) is 2.53. The first-order chi connectivity index (χ1) is 8.29. The predicted octanol–water partition coefficient (Wildman–Crippen LogP) is 2.16. The zero-order valence-electron chi connectivity index (χ0n) is 8.68. The first-order valence-electron chi connectivity index (χ1n) is 5.02. The van der Waals surface area contributed by atoms with Crippen LogP contribution in [-0.4, -0.2) is 4.98 Å². The molecule has 0 N–H and O–H groups in total. The Hall–Kier alpha value is -2.67. The molecule has 0 radical (unpaired) electrons. The number of nitrogens with zero attached hydrogens (tertiary/aromatic N) is 2. The van der Waals surface area contributed by atoms with Crippen LogP contribution in [0.4, 0.5) is 0 Å². The molecular weight excluding hydrogens is 216 g/mol. The number of benzene rings is 2. The molecule has 0 spiro atoms. The van der Waals surface area contributed by atoms with Crippen molar-refractivity contribution in [3.05, 3.63) is 52.2 Å². The van der Waals surface area contributed by atoms with Gasteiger partial charge >= 0.3 is 0 Å². The molecule has 0 bridgehead atoms. The Morgan fingerprint density at radius 1 is 1.18 bits per heavy atom. The highest BCUT2D eigenvalue weighted by atomic mass is 16.3. The van der Waals surface area contributed by atoms with Gasteiger partial charge in [0.25, 0.3) is 0 Å². The van der Waals surface area contributed by atoms with E-state index in [4.69, 9.17) is 9.68 Å². The molecule has 0 atom stereocenters.